The van der Waals surface area contributed by atoms with E-state index in [1.54, 1.807) is 30.9 Å². The summed E-state index contributed by atoms with van der Waals surface area (Å²) >= 11 is 0. The third kappa shape index (κ3) is 6.63. The summed E-state index contributed by atoms with van der Waals surface area (Å²) in [6.45, 7) is 5.58. The van der Waals surface area contributed by atoms with Gasteiger partial charge in [0.1, 0.15) is 11.5 Å². The van der Waals surface area contributed by atoms with E-state index < -0.39 is 21.9 Å². The molecule has 1 amide bonds. The molecule has 198 valence electrons. The van der Waals surface area contributed by atoms with E-state index in [1.807, 2.05) is 30.3 Å². The number of aromatic amines is 1. The first-order valence-electron chi connectivity index (χ1n) is 11.6. The summed E-state index contributed by atoms with van der Waals surface area (Å²) in [7, 11) is -1.13. The maximum atomic E-state index is 13.3. The average molecular weight is 575 g/mol. The van der Waals surface area contributed by atoms with Crippen LogP contribution >= 0.6 is 0 Å². The number of hydrogen-bond acceptors (Lipinski definition) is 7. The Labute approximate surface area is 270 Å². The molecule has 0 unspecified atom stereocenters. The first-order valence-corrected chi connectivity index (χ1v) is 13.0. The fraction of sp³-hybridized carbons (Fsp3) is 0.143. The van der Waals surface area contributed by atoms with E-state index in [0.29, 0.717) is 22.6 Å². The van der Waals surface area contributed by atoms with Gasteiger partial charge in [-0.25, -0.2) is 17.9 Å². The zero-order chi connectivity index (χ0) is 27.4. The van der Waals surface area contributed by atoms with Crippen LogP contribution in [0.4, 0.5) is 4.79 Å². The number of nitrogens with one attached hydrogen (secondary N) is 2. The second-order valence-electron chi connectivity index (χ2n) is 8.18. The van der Waals surface area contributed by atoms with Gasteiger partial charge < -0.3 is 20.6 Å². The van der Waals surface area contributed by atoms with Crippen LogP contribution < -0.4 is 65.6 Å². The largest absolute Gasteiger partial charge is 1.00 e. The summed E-state index contributed by atoms with van der Waals surface area (Å²) in [5, 5.41) is 1.02. The van der Waals surface area contributed by atoms with Crippen molar-refractivity contribution >= 4 is 38.4 Å². The summed E-state index contributed by atoms with van der Waals surface area (Å²) in [5.74, 6) is 0.498. The molecule has 1 aromatic heterocycles. The molecule has 1 heterocycles. The molecule has 11 heteroatoms. The Morgan fingerprint density at radius 2 is 1.64 bits per heavy atom. The number of benzene rings is 3. The number of ketones is 1. The van der Waals surface area contributed by atoms with Crippen molar-refractivity contribution in [1.29, 1.82) is 0 Å². The van der Waals surface area contributed by atoms with E-state index in [1.165, 1.54) is 31.4 Å². The minimum absolute atomic E-state index is 0. The van der Waals surface area contributed by atoms with Crippen molar-refractivity contribution in [3.8, 4) is 22.8 Å². The topological polar surface area (TPSA) is 124 Å². The molecule has 0 aliphatic rings. The molecule has 0 saturated heterocycles. The molecular weight excluding hydrogens is 547 g/mol. The van der Waals surface area contributed by atoms with Crippen LogP contribution in [0.25, 0.3) is 27.7 Å². The number of para-hydroxylation sites is 1. The molecular formula is C28H27KN2O7S. The van der Waals surface area contributed by atoms with Crippen LogP contribution in [-0.2, 0) is 14.8 Å². The smallest absolute Gasteiger partial charge is 1.00 e. The Bertz CT molecular complexity index is 1620. The Kier molecular flexibility index (Phi) is 10.2. The quantitative estimate of drug-likeness (QED) is 0.179. The second kappa shape index (κ2) is 12.9. The Morgan fingerprint density at radius 1 is 0.974 bits per heavy atom. The van der Waals surface area contributed by atoms with Gasteiger partial charge in [-0.2, -0.15) is 0 Å². The van der Waals surface area contributed by atoms with Gasteiger partial charge >= 0.3 is 57.5 Å². The molecule has 2 N–H and O–H groups in total. The van der Waals surface area contributed by atoms with Crippen LogP contribution in [0.3, 0.4) is 0 Å². The first-order chi connectivity index (χ1) is 18.2. The molecule has 0 atom stereocenters. The zero-order valence-electron chi connectivity index (χ0n) is 23.0. The molecule has 9 nitrogen and oxygen atoms in total. The fourth-order valence-corrected chi connectivity index (χ4v) is 4.87. The van der Waals surface area contributed by atoms with Gasteiger partial charge in [0, 0.05) is 39.2 Å². The van der Waals surface area contributed by atoms with Gasteiger partial charge in [0.05, 0.1) is 31.4 Å². The predicted octanol–water partition coefficient (Wildman–Crippen LogP) is 2.30. The number of methoxy groups -OCH3 is 2. The summed E-state index contributed by atoms with van der Waals surface area (Å²) in [6, 6.07) is 18.4. The number of carbonyl (C=O) groups excluding carboxylic acids is 2. The molecule has 0 fully saturated rings. The third-order valence-corrected chi connectivity index (χ3v) is 7.19. The molecule has 0 saturated carbocycles. The number of fused-ring (bicyclic) bond motifs is 1. The molecule has 0 radical (unpaired) electrons. The first kappa shape index (κ1) is 30.6. The van der Waals surface area contributed by atoms with Gasteiger partial charge in [-0.3, -0.25) is 4.79 Å². The predicted molar refractivity (Wildman–Crippen MR) is 145 cm³/mol. The van der Waals surface area contributed by atoms with Crippen LogP contribution in [-0.4, -0.2) is 46.1 Å². The van der Waals surface area contributed by atoms with E-state index in [-0.39, 0.29) is 75.5 Å². The standard InChI is InChI=1S/C28H26N2O7S.K.H/c1-5-37-28(32)30-38(33,34)20-12-10-18(11-13-20)27(31)17(2)21-15-22(26(36-4)16-25(21)35-3)24-14-19-8-6-7-9-23(19)29-24;;/h6-16,29H,2,5H2,1,3-4H3,(H,30,32);;/q;+1;-1. The van der Waals surface area contributed by atoms with Crippen LogP contribution in [0, 0.1) is 0 Å². The molecule has 0 aliphatic carbocycles. The SMILES string of the molecule is C=C(C(=O)c1ccc(S(=O)(=O)NC(=O)OCC)cc1)c1cc(-c2cc3ccccc3[nH]2)c(OC)cc1OC.[H-].[K+]. The maximum Gasteiger partial charge on any atom is 1.00 e. The molecule has 0 aliphatic heterocycles. The van der Waals surface area contributed by atoms with Crippen molar-refractivity contribution in [2.24, 2.45) is 0 Å². The molecule has 3 aromatic carbocycles. The van der Waals surface area contributed by atoms with Crippen LogP contribution in [0.5, 0.6) is 11.5 Å². The Balaban J connectivity index is 0.00000280. The van der Waals surface area contributed by atoms with Gasteiger partial charge in [-0.05, 0) is 49.4 Å². The van der Waals surface area contributed by atoms with Gasteiger partial charge in [0.2, 0.25) is 0 Å². The molecule has 0 spiro atoms. The summed E-state index contributed by atoms with van der Waals surface area (Å²) in [4.78, 5) is 28.0. The van der Waals surface area contributed by atoms with E-state index in [2.05, 4.69) is 16.3 Å². The van der Waals surface area contributed by atoms with Crippen molar-refractivity contribution in [3.63, 3.8) is 0 Å². The minimum atomic E-state index is -4.16. The van der Waals surface area contributed by atoms with E-state index in [0.717, 1.165) is 16.6 Å². The van der Waals surface area contributed by atoms with Crippen LogP contribution in [0.2, 0.25) is 0 Å². The number of carbonyl (C=O) groups is 2. The number of allylic oxidation sites excluding steroid dienone is 1. The fourth-order valence-electron chi connectivity index (χ4n) is 3.97. The molecule has 4 rings (SSSR count). The maximum absolute atomic E-state index is 13.3. The van der Waals surface area contributed by atoms with Crippen molar-refractivity contribution in [3.05, 3.63) is 84.4 Å². The summed E-state index contributed by atoms with van der Waals surface area (Å²) in [5.41, 5.74) is 3.24. The van der Waals surface area contributed by atoms with Crippen molar-refractivity contribution in [2.75, 3.05) is 20.8 Å². The van der Waals surface area contributed by atoms with Crippen LogP contribution in [0.1, 0.15) is 24.3 Å². The normalized spacial score (nSPS) is 10.8. The number of ether oxygens (including phenoxy) is 3. The second-order valence-corrected chi connectivity index (χ2v) is 9.86. The van der Waals surface area contributed by atoms with Gasteiger partial charge in [-0.1, -0.05) is 24.8 Å². The Morgan fingerprint density at radius 3 is 2.26 bits per heavy atom. The third-order valence-electron chi connectivity index (χ3n) is 5.86. The zero-order valence-corrected chi connectivity index (χ0v) is 26.0. The van der Waals surface area contributed by atoms with Crippen molar-refractivity contribution < 1.29 is 85.0 Å². The summed E-state index contributed by atoms with van der Waals surface area (Å²) in [6.07, 6.45) is -1.08. The van der Waals surface area contributed by atoms with E-state index in [4.69, 9.17) is 9.47 Å². The monoisotopic (exact) mass is 574 g/mol. The number of rotatable bonds is 9. The van der Waals surface area contributed by atoms with Gasteiger partial charge in [-0.15, -0.1) is 0 Å². The van der Waals surface area contributed by atoms with Crippen molar-refractivity contribution in [2.45, 2.75) is 11.8 Å². The number of hydrogen-bond donors (Lipinski definition) is 2. The van der Waals surface area contributed by atoms with E-state index >= 15 is 0 Å². The number of aromatic nitrogens is 1. The summed E-state index contributed by atoms with van der Waals surface area (Å²) < 4.78 is 42.3. The van der Waals surface area contributed by atoms with Crippen LogP contribution in [0.15, 0.2) is 78.2 Å². The van der Waals surface area contributed by atoms with Gasteiger partial charge in [0.15, 0.2) is 5.78 Å². The van der Waals surface area contributed by atoms with Crippen molar-refractivity contribution in [1.82, 2.24) is 9.71 Å². The molecule has 4 aromatic rings. The number of Topliss-reactive ketones (excluding diaryl/α,β-unsaturated/α-hetero) is 1. The Hall–Kier alpha value is -2.93. The molecule has 0 bridgehead atoms. The minimum Gasteiger partial charge on any atom is -1.00 e. The number of amides is 1. The number of sulfonamides is 1. The van der Waals surface area contributed by atoms with Gasteiger partial charge in [0.25, 0.3) is 10.0 Å². The number of H-pyrrole nitrogens is 1. The van der Waals surface area contributed by atoms with E-state index in [9.17, 15) is 18.0 Å². The average Bonchev–Trinajstić information content (AvgIpc) is 3.35. The molecule has 39 heavy (non-hydrogen) atoms.